The van der Waals surface area contributed by atoms with Gasteiger partial charge in [0.1, 0.15) is 11.3 Å². The predicted molar refractivity (Wildman–Crippen MR) is 105 cm³/mol. The molecule has 0 bridgehead atoms. The number of nitrogens with two attached hydrogens (primary N) is 1. The summed E-state index contributed by atoms with van der Waals surface area (Å²) in [7, 11) is 0. The fraction of sp³-hybridized carbons (Fsp3) is 0.350. The minimum Gasteiger partial charge on any atom is -0.491 e. The highest BCUT2D eigenvalue weighted by atomic mass is 35.5. The lowest BCUT2D eigenvalue weighted by atomic mass is 9.92. The number of amides is 1. The second-order valence-corrected chi connectivity index (χ2v) is 6.53. The lowest BCUT2D eigenvalue weighted by Gasteiger charge is -2.25. The molecule has 1 amide bonds. The van der Waals surface area contributed by atoms with Crippen LogP contribution in [0.5, 0.6) is 5.75 Å². The van der Waals surface area contributed by atoms with E-state index in [1.54, 1.807) is 31.2 Å². The summed E-state index contributed by atoms with van der Waals surface area (Å²) in [4.78, 5) is 12.4. The van der Waals surface area contributed by atoms with Crippen molar-refractivity contribution < 1.29 is 14.6 Å². The smallest absolute Gasteiger partial charge is 0.244 e. The zero-order valence-electron chi connectivity index (χ0n) is 15.3. The molecule has 0 aliphatic heterocycles. The molecule has 4 N–H and O–H groups in total. The molecule has 6 heteroatoms. The van der Waals surface area contributed by atoms with E-state index in [1.165, 1.54) is 0 Å². The molecule has 5 nitrogen and oxygen atoms in total. The highest BCUT2D eigenvalue weighted by Gasteiger charge is 2.30. The van der Waals surface area contributed by atoms with Gasteiger partial charge < -0.3 is 20.9 Å². The van der Waals surface area contributed by atoms with E-state index in [1.807, 2.05) is 44.2 Å². The van der Waals surface area contributed by atoms with E-state index < -0.39 is 11.6 Å². The van der Waals surface area contributed by atoms with Crippen molar-refractivity contribution in [1.29, 1.82) is 0 Å². The number of benzene rings is 2. The predicted octanol–water partition coefficient (Wildman–Crippen LogP) is 2.92. The van der Waals surface area contributed by atoms with Gasteiger partial charge >= 0.3 is 0 Å². The van der Waals surface area contributed by atoms with E-state index in [2.05, 4.69) is 5.32 Å². The molecule has 2 atom stereocenters. The van der Waals surface area contributed by atoms with Crippen molar-refractivity contribution in [2.45, 2.75) is 38.5 Å². The van der Waals surface area contributed by atoms with Crippen molar-refractivity contribution in [3.05, 3.63) is 65.7 Å². The normalized spacial score (nSPS) is 14.1. The summed E-state index contributed by atoms with van der Waals surface area (Å²) < 4.78 is 5.57. The molecular weight excluding hydrogens is 352 g/mol. The van der Waals surface area contributed by atoms with Gasteiger partial charge in [0.05, 0.1) is 12.2 Å². The number of hydrogen-bond acceptors (Lipinski definition) is 4. The highest BCUT2D eigenvalue weighted by Crippen LogP contribution is 2.20. The Morgan fingerprint density at radius 2 is 1.73 bits per heavy atom. The Morgan fingerprint density at radius 1 is 1.15 bits per heavy atom. The fourth-order valence-electron chi connectivity index (χ4n) is 2.45. The Hall–Kier alpha value is -2.08. The van der Waals surface area contributed by atoms with Crippen LogP contribution in [-0.2, 0) is 10.3 Å². The van der Waals surface area contributed by atoms with Crippen LogP contribution in [-0.4, -0.2) is 23.7 Å². The number of rotatable bonds is 7. The van der Waals surface area contributed by atoms with E-state index in [0.29, 0.717) is 5.56 Å². The number of carbonyl (C=O) groups is 1. The molecule has 2 aromatic carbocycles. The van der Waals surface area contributed by atoms with Gasteiger partial charge in [0.25, 0.3) is 0 Å². The second kappa shape index (κ2) is 9.57. The number of halogens is 1. The van der Waals surface area contributed by atoms with Gasteiger partial charge in [0, 0.05) is 6.54 Å². The van der Waals surface area contributed by atoms with Crippen LogP contribution < -0.4 is 15.8 Å². The molecular formula is C20H27ClN2O3. The largest absolute Gasteiger partial charge is 0.491 e. The molecule has 2 unspecified atom stereocenters. The van der Waals surface area contributed by atoms with E-state index in [9.17, 15) is 9.90 Å². The monoisotopic (exact) mass is 378 g/mol. The lowest BCUT2D eigenvalue weighted by molar-refractivity contribution is -0.126. The maximum absolute atomic E-state index is 12.4. The van der Waals surface area contributed by atoms with Crippen molar-refractivity contribution in [3.63, 3.8) is 0 Å². The van der Waals surface area contributed by atoms with E-state index in [4.69, 9.17) is 10.5 Å². The van der Waals surface area contributed by atoms with Gasteiger partial charge in [-0.3, -0.25) is 4.79 Å². The van der Waals surface area contributed by atoms with Crippen molar-refractivity contribution in [2.75, 3.05) is 6.54 Å². The molecule has 0 saturated heterocycles. The van der Waals surface area contributed by atoms with Crippen molar-refractivity contribution in [2.24, 2.45) is 5.73 Å². The van der Waals surface area contributed by atoms with E-state index >= 15 is 0 Å². The summed E-state index contributed by atoms with van der Waals surface area (Å²) >= 11 is 0. The summed E-state index contributed by atoms with van der Waals surface area (Å²) in [6.07, 6.45) is -0.723. The molecule has 2 rings (SSSR count). The van der Waals surface area contributed by atoms with Gasteiger partial charge in [0.15, 0.2) is 0 Å². The van der Waals surface area contributed by atoms with Crippen LogP contribution in [0, 0.1) is 0 Å². The van der Waals surface area contributed by atoms with Gasteiger partial charge in [-0.2, -0.15) is 0 Å². The molecule has 0 fully saturated rings. The van der Waals surface area contributed by atoms with Gasteiger partial charge in [-0.25, -0.2) is 0 Å². The molecule has 142 valence electrons. The van der Waals surface area contributed by atoms with Crippen LogP contribution in [0.4, 0.5) is 0 Å². The molecule has 0 aliphatic carbocycles. The number of nitrogens with one attached hydrogen (secondary N) is 1. The van der Waals surface area contributed by atoms with E-state index in [0.717, 1.165) is 11.3 Å². The first kappa shape index (κ1) is 22.0. The maximum atomic E-state index is 12.4. The first-order valence-electron chi connectivity index (χ1n) is 8.38. The van der Waals surface area contributed by atoms with Crippen LogP contribution >= 0.6 is 12.4 Å². The second-order valence-electron chi connectivity index (χ2n) is 6.53. The zero-order chi connectivity index (χ0) is 18.4. The first-order chi connectivity index (χ1) is 11.8. The molecule has 0 aromatic heterocycles. The standard InChI is InChI=1S/C20H26N2O3.ClH/c1-14(2)25-17-11-9-15(10-12-17)18(23)13-22-19(24)20(3,21)16-7-5-4-6-8-16;/h4-12,14,18,23H,13,21H2,1-3H3,(H,22,24);1H. The van der Waals surface area contributed by atoms with Crippen molar-refractivity contribution in [1.82, 2.24) is 5.32 Å². The van der Waals surface area contributed by atoms with Crippen LogP contribution in [0.2, 0.25) is 0 Å². The summed E-state index contributed by atoms with van der Waals surface area (Å²) in [5.74, 6) is 0.408. The summed E-state index contributed by atoms with van der Waals surface area (Å²) in [6, 6.07) is 16.3. The Bertz CT molecular complexity index is 688. The number of hydrogen-bond donors (Lipinski definition) is 3. The SMILES string of the molecule is CC(C)Oc1ccc(C(O)CNC(=O)C(C)(N)c2ccccc2)cc1.Cl. The van der Waals surface area contributed by atoms with Crippen LogP contribution in [0.1, 0.15) is 38.0 Å². The average Bonchev–Trinajstić information content (AvgIpc) is 2.60. The van der Waals surface area contributed by atoms with Gasteiger partial charge in [-0.05, 0) is 44.0 Å². The minimum absolute atomic E-state index is 0. The summed E-state index contributed by atoms with van der Waals surface area (Å²) in [6.45, 7) is 5.65. The molecule has 2 aromatic rings. The number of aliphatic hydroxyl groups excluding tert-OH is 1. The number of carbonyl (C=O) groups excluding carboxylic acids is 1. The third-order valence-electron chi connectivity index (χ3n) is 3.94. The molecule has 0 heterocycles. The third kappa shape index (κ3) is 5.73. The van der Waals surface area contributed by atoms with Crippen LogP contribution in [0.3, 0.4) is 0 Å². The minimum atomic E-state index is -1.16. The Morgan fingerprint density at radius 3 is 2.27 bits per heavy atom. The van der Waals surface area contributed by atoms with Crippen LogP contribution in [0.15, 0.2) is 54.6 Å². The van der Waals surface area contributed by atoms with Gasteiger partial charge in [0.2, 0.25) is 5.91 Å². The summed E-state index contributed by atoms with van der Waals surface area (Å²) in [5, 5.41) is 13.0. The maximum Gasteiger partial charge on any atom is 0.244 e. The number of ether oxygens (including phenoxy) is 1. The molecule has 0 radical (unpaired) electrons. The van der Waals surface area contributed by atoms with Crippen molar-refractivity contribution >= 4 is 18.3 Å². The zero-order valence-corrected chi connectivity index (χ0v) is 16.1. The molecule has 0 saturated carbocycles. The number of aliphatic hydroxyl groups is 1. The Labute approximate surface area is 161 Å². The first-order valence-corrected chi connectivity index (χ1v) is 8.38. The summed E-state index contributed by atoms with van der Waals surface area (Å²) in [5.41, 5.74) is 6.43. The third-order valence-corrected chi connectivity index (χ3v) is 3.94. The Kier molecular flexibility index (Phi) is 8.08. The van der Waals surface area contributed by atoms with Crippen molar-refractivity contribution in [3.8, 4) is 5.75 Å². The molecule has 0 spiro atoms. The van der Waals surface area contributed by atoms with Gasteiger partial charge in [-0.15, -0.1) is 12.4 Å². The topological polar surface area (TPSA) is 84.6 Å². The van der Waals surface area contributed by atoms with E-state index in [-0.39, 0.29) is 31.0 Å². The van der Waals surface area contributed by atoms with Gasteiger partial charge in [-0.1, -0.05) is 42.5 Å². The molecule has 0 aliphatic rings. The Balaban J connectivity index is 0.00000338. The highest BCUT2D eigenvalue weighted by molar-refractivity contribution is 5.87. The average molecular weight is 379 g/mol. The molecule has 26 heavy (non-hydrogen) atoms. The quantitative estimate of drug-likeness (QED) is 0.691. The fourth-order valence-corrected chi connectivity index (χ4v) is 2.45. The van der Waals surface area contributed by atoms with Crippen LogP contribution in [0.25, 0.3) is 0 Å². The lowest BCUT2D eigenvalue weighted by Crippen LogP contribution is -2.49.